The van der Waals surface area contributed by atoms with E-state index in [0.717, 1.165) is 4.90 Å². The predicted octanol–water partition coefficient (Wildman–Crippen LogP) is 0.947. The average Bonchev–Trinajstić information content (AvgIpc) is 2.73. The van der Waals surface area contributed by atoms with Crippen LogP contribution in [-0.2, 0) is 9.59 Å². The third-order valence-electron chi connectivity index (χ3n) is 4.74. The van der Waals surface area contributed by atoms with Crippen molar-refractivity contribution in [2.75, 3.05) is 44.5 Å². The first-order chi connectivity index (χ1) is 14.0. The van der Waals surface area contributed by atoms with E-state index < -0.39 is 6.04 Å². The molecule has 0 spiro atoms. The third kappa shape index (κ3) is 5.39. The van der Waals surface area contributed by atoms with Crippen LogP contribution in [0.3, 0.4) is 0 Å². The van der Waals surface area contributed by atoms with Crippen LogP contribution in [0.15, 0.2) is 42.5 Å². The summed E-state index contributed by atoms with van der Waals surface area (Å²) in [6.45, 7) is 2.92. The standard InChI is InChI=1S/C21H25N3O5/c1-14(21(26)23-16-7-8-18-19(12-16)29-10-9-28-18)24(2)13-20(25)22-15-5-4-6-17(11-15)27-3/h4-8,11-12,14H,9-10,13H2,1-3H3,(H,22,25)(H,23,26)/p+1/t14-/m1/s1. The fraction of sp³-hybridized carbons (Fsp3) is 0.333. The minimum atomic E-state index is -0.431. The Hall–Kier alpha value is -3.26. The summed E-state index contributed by atoms with van der Waals surface area (Å²) in [6, 6.07) is 12.0. The maximum atomic E-state index is 12.6. The van der Waals surface area contributed by atoms with E-state index in [0.29, 0.717) is 41.8 Å². The van der Waals surface area contributed by atoms with E-state index in [1.807, 2.05) is 0 Å². The summed E-state index contributed by atoms with van der Waals surface area (Å²) >= 11 is 0. The third-order valence-corrected chi connectivity index (χ3v) is 4.74. The number of fused-ring (bicyclic) bond motifs is 1. The molecule has 8 heteroatoms. The number of ether oxygens (including phenoxy) is 3. The maximum Gasteiger partial charge on any atom is 0.282 e. The zero-order chi connectivity index (χ0) is 20.8. The molecule has 0 fully saturated rings. The van der Waals surface area contributed by atoms with Crippen LogP contribution in [0.1, 0.15) is 6.92 Å². The van der Waals surface area contributed by atoms with E-state index >= 15 is 0 Å². The first-order valence-electron chi connectivity index (χ1n) is 9.43. The smallest absolute Gasteiger partial charge is 0.282 e. The van der Waals surface area contributed by atoms with Gasteiger partial charge in [0.25, 0.3) is 11.8 Å². The molecule has 3 N–H and O–H groups in total. The molecule has 0 bridgehead atoms. The Kier molecular flexibility index (Phi) is 6.56. The largest absolute Gasteiger partial charge is 0.497 e. The number of anilines is 2. The number of quaternary nitrogens is 1. The Morgan fingerprint density at radius 3 is 2.55 bits per heavy atom. The lowest BCUT2D eigenvalue weighted by Crippen LogP contribution is -3.14. The molecule has 3 rings (SSSR count). The molecule has 0 saturated carbocycles. The van der Waals surface area contributed by atoms with Crippen LogP contribution >= 0.6 is 0 Å². The lowest BCUT2D eigenvalue weighted by atomic mass is 10.2. The molecule has 1 aliphatic heterocycles. The number of rotatable bonds is 7. The fourth-order valence-electron chi connectivity index (χ4n) is 2.91. The average molecular weight is 400 g/mol. The molecule has 1 unspecified atom stereocenters. The van der Waals surface area contributed by atoms with Gasteiger partial charge in [0.05, 0.1) is 14.2 Å². The molecule has 1 heterocycles. The number of methoxy groups -OCH3 is 1. The zero-order valence-corrected chi connectivity index (χ0v) is 16.8. The summed E-state index contributed by atoms with van der Waals surface area (Å²) < 4.78 is 16.2. The Bertz CT molecular complexity index is 886. The van der Waals surface area contributed by atoms with Crippen LogP contribution in [0, 0.1) is 0 Å². The summed E-state index contributed by atoms with van der Waals surface area (Å²) in [5.41, 5.74) is 1.27. The molecule has 0 aliphatic carbocycles. The van der Waals surface area contributed by atoms with Crippen LogP contribution in [0.5, 0.6) is 17.2 Å². The molecule has 1 aliphatic rings. The van der Waals surface area contributed by atoms with Crippen LogP contribution in [-0.4, -0.2) is 51.8 Å². The van der Waals surface area contributed by atoms with Gasteiger partial charge in [0, 0.05) is 23.5 Å². The van der Waals surface area contributed by atoms with Crippen molar-refractivity contribution in [1.82, 2.24) is 0 Å². The van der Waals surface area contributed by atoms with Gasteiger partial charge in [-0.1, -0.05) is 6.07 Å². The summed E-state index contributed by atoms with van der Waals surface area (Å²) in [6.07, 6.45) is 0. The van der Waals surface area contributed by atoms with Gasteiger partial charge in [0.2, 0.25) is 0 Å². The second-order valence-electron chi connectivity index (χ2n) is 6.87. The summed E-state index contributed by atoms with van der Waals surface area (Å²) in [7, 11) is 3.38. The van der Waals surface area contributed by atoms with Gasteiger partial charge >= 0.3 is 0 Å². The molecule has 0 aromatic heterocycles. The number of amides is 2. The zero-order valence-electron chi connectivity index (χ0n) is 16.8. The molecule has 2 atom stereocenters. The van der Waals surface area contributed by atoms with Gasteiger partial charge in [-0.15, -0.1) is 0 Å². The van der Waals surface area contributed by atoms with Crippen LogP contribution in [0.2, 0.25) is 0 Å². The van der Waals surface area contributed by atoms with Gasteiger partial charge in [-0.2, -0.15) is 0 Å². The number of carbonyl (C=O) groups is 2. The van der Waals surface area contributed by atoms with Crippen molar-refractivity contribution in [3.8, 4) is 17.2 Å². The number of benzene rings is 2. The summed E-state index contributed by atoms with van der Waals surface area (Å²) in [5, 5.41) is 5.69. The quantitative estimate of drug-likeness (QED) is 0.644. The van der Waals surface area contributed by atoms with Gasteiger partial charge in [0.1, 0.15) is 19.0 Å². The monoisotopic (exact) mass is 400 g/mol. The highest BCUT2D eigenvalue weighted by molar-refractivity contribution is 5.95. The van der Waals surface area contributed by atoms with E-state index in [1.54, 1.807) is 63.5 Å². The van der Waals surface area contributed by atoms with Crippen molar-refractivity contribution in [1.29, 1.82) is 0 Å². The molecule has 29 heavy (non-hydrogen) atoms. The van der Waals surface area contributed by atoms with E-state index in [4.69, 9.17) is 14.2 Å². The maximum absolute atomic E-state index is 12.6. The Morgan fingerprint density at radius 2 is 1.79 bits per heavy atom. The number of likely N-dealkylation sites (N-methyl/N-ethyl adjacent to an activating group) is 1. The van der Waals surface area contributed by atoms with Gasteiger partial charge in [0.15, 0.2) is 24.1 Å². The van der Waals surface area contributed by atoms with Crippen LogP contribution in [0.25, 0.3) is 0 Å². The van der Waals surface area contributed by atoms with Gasteiger partial charge in [-0.3, -0.25) is 9.59 Å². The highest BCUT2D eigenvalue weighted by Crippen LogP contribution is 2.32. The second-order valence-corrected chi connectivity index (χ2v) is 6.87. The first-order valence-corrected chi connectivity index (χ1v) is 9.43. The van der Waals surface area contributed by atoms with Gasteiger partial charge < -0.3 is 29.7 Å². The van der Waals surface area contributed by atoms with Crippen molar-refractivity contribution in [3.63, 3.8) is 0 Å². The predicted molar refractivity (Wildman–Crippen MR) is 109 cm³/mol. The Labute approximate surface area is 169 Å². The SMILES string of the molecule is COc1cccc(NC(=O)C[NH+](C)[C@H](C)C(=O)Nc2ccc3c(c2)OCCO3)c1. The van der Waals surface area contributed by atoms with Crippen molar-refractivity contribution in [3.05, 3.63) is 42.5 Å². The molecular formula is C21H26N3O5+. The molecule has 0 radical (unpaired) electrons. The van der Waals surface area contributed by atoms with E-state index in [-0.39, 0.29) is 18.4 Å². The number of hydrogen-bond acceptors (Lipinski definition) is 5. The fourth-order valence-corrected chi connectivity index (χ4v) is 2.91. The van der Waals surface area contributed by atoms with E-state index in [2.05, 4.69) is 10.6 Å². The minimum absolute atomic E-state index is 0.146. The lowest BCUT2D eigenvalue weighted by molar-refractivity contribution is -0.885. The first kappa shape index (κ1) is 20.5. The van der Waals surface area contributed by atoms with Crippen molar-refractivity contribution < 1.29 is 28.7 Å². The number of carbonyl (C=O) groups excluding carboxylic acids is 2. The van der Waals surface area contributed by atoms with Crippen molar-refractivity contribution in [2.45, 2.75) is 13.0 Å². The topological polar surface area (TPSA) is 90.3 Å². The number of nitrogens with one attached hydrogen (secondary N) is 3. The Morgan fingerprint density at radius 1 is 1.07 bits per heavy atom. The normalized spacial score (nSPS) is 14.4. The second kappa shape index (κ2) is 9.29. The van der Waals surface area contributed by atoms with Gasteiger partial charge in [-0.25, -0.2) is 0 Å². The Balaban J connectivity index is 1.54. The summed E-state index contributed by atoms with van der Waals surface area (Å²) in [5.74, 6) is 1.57. The molecule has 2 aromatic rings. The van der Waals surface area contributed by atoms with E-state index in [9.17, 15) is 9.59 Å². The molecule has 2 amide bonds. The minimum Gasteiger partial charge on any atom is -0.497 e. The van der Waals surface area contributed by atoms with Crippen LogP contribution < -0.4 is 29.7 Å². The van der Waals surface area contributed by atoms with Crippen LogP contribution in [0.4, 0.5) is 11.4 Å². The highest BCUT2D eigenvalue weighted by Gasteiger charge is 2.24. The molecular weight excluding hydrogens is 374 g/mol. The summed E-state index contributed by atoms with van der Waals surface area (Å²) in [4.78, 5) is 25.7. The lowest BCUT2D eigenvalue weighted by Gasteiger charge is -2.22. The van der Waals surface area contributed by atoms with Crippen molar-refractivity contribution in [2.24, 2.45) is 0 Å². The molecule has 0 saturated heterocycles. The number of hydrogen-bond donors (Lipinski definition) is 3. The molecule has 8 nitrogen and oxygen atoms in total. The van der Waals surface area contributed by atoms with Crippen molar-refractivity contribution >= 4 is 23.2 Å². The van der Waals surface area contributed by atoms with E-state index in [1.165, 1.54) is 0 Å². The van der Waals surface area contributed by atoms with Gasteiger partial charge in [-0.05, 0) is 31.2 Å². The molecule has 2 aromatic carbocycles. The highest BCUT2D eigenvalue weighted by atomic mass is 16.6. The molecule has 154 valence electrons.